The Morgan fingerprint density at radius 2 is 1.88 bits per heavy atom. The number of rotatable bonds is 9. The molecule has 0 unspecified atom stereocenters. The number of carbonyl (C=O) groups is 2. The zero-order chi connectivity index (χ0) is 18.8. The highest BCUT2D eigenvalue weighted by Gasteiger charge is 2.20. The maximum Gasteiger partial charge on any atom is 0.307 e. The van der Waals surface area contributed by atoms with Gasteiger partial charge in [0, 0.05) is 24.5 Å². The van der Waals surface area contributed by atoms with Gasteiger partial charge in [0.15, 0.2) is 0 Å². The lowest BCUT2D eigenvalue weighted by Gasteiger charge is -2.25. The second kappa shape index (κ2) is 11.2. The molecule has 0 aromatic heterocycles. The molecule has 1 aromatic carbocycles. The van der Waals surface area contributed by atoms with E-state index in [-0.39, 0.29) is 18.3 Å². The predicted molar refractivity (Wildman–Crippen MR) is 104 cm³/mol. The van der Waals surface area contributed by atoms with E-state index < -0.39 is 0 Å². The molecular weight excluding hydrogens is 350 g/mol. The van der Waals surface area contributed by atoms with Crippen LogP contribution in [0.5, 0.6) is 0 Å². The smallest absolute Gasteiger partial charge is 0.307 e. The topological polar surface area (TPSA) is 46.6 Å². The second-order valence-corrected chi connectivity index (χ2v) is 7.41. The first-order chi connectivity index (χ1) is 12.6. The van der Waals surface area contributed by atoms with Crippen LogP contribution in [0.4, 0.5) is 0 Å². The average Bonchev–Trinajstić information content (AvgIpc) is 2.65. The normalized spacial score (nSPS) is 14.8. The van der Waals surface area contributed by atoms with Gasteiger partial charge >= 0.3 is 5.97 Å². The number of halogens is 1. The Bertz CT molecular complexity index is 584. The van der Waals surface area contributed by atoms with Crippen LogP contribution in [-0.2, 0) is 20.9 Å². The van der Waals surface area contributed by atoms with E-state index in [2.05, 4.69) is 0 Å². The summed E-state index contributed by atoms with van der Waals surface area (Å²) in [5.74, 6) is 0.497. The molecule has 1 saturated carbocycles. The van der Waals surface area contributed by atoms with Crippen LogP contribution in [0.1, 0.15) is 63.9 Å². The minimum Gasteiger partial charge on any atom is -0.466 e. The number of hydrogen-bond donors (Lipinski definition) is 0. The third-order valence-electron chi connectivity index (χ3n) is 5.05. The Morgan fingerprint density at radius 3 is 2.58 bits per heavy atom. The van der Waals surface area contributed by atoms with Gasteiger partial charge < -0.3 is 9.64 Å². The number of amides is 1. The Kier molecular flexibility index (Phi) is 8.96. The molecule has 0 N–H and O–H groups in total. The number of hydrogen-bond acceptors (Lipinski definition) is 3. The molecule has 1 fully saturated rings. The lowest BCUT2D eigenvalue weighted by molar-refractivity contribution is -0.144. The molecule has 0 heterocycles. The van der Waals surface area contributed by atoms with E-state index in [0.717, 1.165) is 12.0 Å². The highest BCUT2D eigenvalue weighted by molar-refractivity contribution is 6.31. The van der Waals surface area contributed by atoms with Crippen molar-refractivity contribution in [1.29, 1.82) is 0 Å². The van der Waals surface area contributed by atoms with Gasteiger partial charge in [-0.2, -0.15) is 0 Å². The van der Waals surface area contributed by atoms with Gasteiger partial charge in [-0.1, -0.05) is 61.9 Å². The molecule has 0 bridgehead atoms. The van der Waals surface area contributed by atoms with E-state index in [4.69, 9.17) is 16.3 Å². The molecule has 144 valence electrons. The van der Waals surface area contributed by atoms with E-state index in [9.17, 15) is 9.59 Å². The first-order valence-corrected chi connectivity index (χ1v) is 10.1. The summed E-state index contributed by atoms with van der Waals surface area (Å²) >= 11 is 6.25. The molecule has 0 radical (unpaired) electrons. The van der Waals surface area contributed by atoms with E-state index in [1.165, 1.54) is 32.1 Å². The lowest BCUT2D eigenvalue weighted by atomic mass is 9.86. The third-order valence-corrected chi connectivity index (χ3v) is 5.42. The molecule has 1 aliphatic carbocycles. The van der Waals surface area contributed by atoms with Gasteiger partial charge in [-0.15, -0.1) is 0 Å². The Balaban J connectivity index is 1.94. The van der Waals surface area contributed by atoms with Gasteiger partial charge in [-0.3, -0.25) is 9.59 Å². The highest BCUT2D eigenvalue weighted by Crippen LogP contribution is 2.28. The van der Waals surface area contributed by atoms with Gasteiger partial charge in [0.1, 0.15) is 0 Å². The summed E-state index contributed by atoms with van der Waals surface area (Å²) in [6.07, 6.45) is 8.06. The van der Waals surface area contributed by atoms with Gasteiger partial charge in [-0.25, -0.2) is 0 Å². The summed E-state index contributed by atoms with van der Waals surface area (Å²) in [5, 5.41) is 0.647. The van der Waals surface area contributed by atoms with Crippen molar-refractivity contribution in [3.8, 4) is 0 Å². The zero-order valence-electron chi connectivity index (χ0n) is 15.7. The first kappa shape index (κ1) is 20.8. The van der Waals surface area contributed by atoms with Crippen LogP contribution in [-0.4, -0.2) is 29.9 Å². The van der Waals surface area contributed by atoms with Crippen molar-refractivity contribution in [3.63, 3.8) is 0 Å². The molecule has 26 heavy (non-hydrogen) atoms. The van der Waals surface area contributed by atoms with Gasteiger partial charge in [-0.05, 0) is 30.9 Å². The highest BCUT2D eigenvalue weighted by atomic mass is 35.5. The quantitative estimate of drug-likeness (QED) is 0.568. The van der Waals surface area contributed by atoms with Crippen molar-refractivity contribution < 1.29 is 14.3 Å². The standard InChI is InChI=1S/C21H30ClNO3/c1-2-26-21(25)14-15-23(16-18-10-6-7-11-19(18)22)20(24)13-12-17-8-4-3-5-9-17/h6-7,10-11,17H,2-5,8-9,12-16H2,1H3. The van der Waals surface area contributed by atoms with Crippen molar-refractivity contribution in [2.45, 2.75) is 64.8 Å². The molecule has 0 atom stereocenters. The van der Waals surface area contributed by atoms with Gasteiger partial charge in [0.25, 0.3) is 0 Å². The van der Waals surface area contributed by atoms with Crippen LogP contribution < -0.4 is 0 Å². The fraction of sp³-hybridized carbons (Fsp3) is 0.619. The van der Waals surface area contributed by atoms with E-state index in [1.807, 2.05) is 24.3 Å². The third kappa shape index (κ3) is 6.99. The minimum atomic E-state index is -0.267. The van der Waals surface area contributed by atoms with Gasteiger partial charge in [0.2, 0.25) is 5.91 Å². The maximum absolute atomic E-state index is 12.8. The minimum absolute atomic E-state index is 0.0970. The maximum atomic E-state index is 12.8. The van der Waals surface area contributed by atoms with Crippen LogP contribution in [0.3, 0.4) is 0 Å². The molecule has 1 aromatic rings. The largest absolute Gasteiger partial charge is 0.466 e. The number of nitrogens with zero attached hydrogens (tertiary/aromatic N) is 1. The molecule has 1 amide bonds. The number of esters is 1. The number of ether oxygens (including phenoxy) is 1. The SMILES string of the molecule is CCOC(=O)CCN(Cc1ccccc1Cl)C(=O)CCC1CCCCC1. The first-order valence-electron chi connectivity index (χ1n) is 9.77. The van der Waals surface area contributed by atoms with Crippen molar-refractivity contribution in [2.24, 2.45) is 5.92 Å². The molecule has 0 saturated heterocycles. The Morgan fingerprint density at radius 1 is 1.15 bits per heavy atom. The summed E-state index contributed by atoms with van der Waals surface area (Å²) in [5.41, 5.74) is 0.907. The van der Waals surface area contributed by atoms with E-state index >= 15 is 0 Å². The fourth-order valence-electron chi connectivity index (χ4n) is 3.55. The van der Waals surface area contributed by atoms with Crippen LogP contribution in [0.15, 0.2) is 24.3 Å². The van der Waals surface area contributed by atoms with Crippen LogP contribution in [0, 0.1) is 5.92 Å². The predicted octanol–water partition coefficient (Wildman–Crippen LogP) is 4.98. The summed E-state index contributed by atoms with van der Waals surface area (Å²) in [6.45, 7) is 2.95. The average molecular weight is 380 g/mol. The second-order valence-electron chi connectivity index (χ2n) is 7.00. The molecule has 0 spiro atoms. The van der Waals surface area contributed by atoms with Crippen molar-refractivity contribution in [3.05, 3.63) is 34.9 Å². The molecule has 4 nitrogen and oxygen atoms in total. The van der Waals surface area contributed by atoms with E-state index in [1.54, 1.807) is 11.8 Å². The molecule has 0 aliphatic heterocycles. The molecular formula is C21H30ClNO3. The summed E-state index contributed by atoms with van der Waals surface area (Å²) in [4.78, 5) is 26.3. The summed E-state index contributed by atoms with van der Waals surface area (Å²) in [6, 6.07) is 7.54. The van der Waals surface area contributed by atoms with E-state index in [0.29, 0.717) is 37.1 Å². The van der Waals surface area contributed by atoms with Crippen LogP contribution >= 0.6 is 11.6 Å². The summed E-state index contributed by atoms with van der Waals surface area (Å²) in [7, 11) is 0. The number of benzene rings is 1. The molecule has 5 heteroatoms. The Hall–Kier alpha value is -1.55. The fourth-order valence-corrected chi connectivity index (χ4v) is 3.74. The molecule has 2 rings (SSSR count). The van der Waals surface area contributed by atoms with Gasteiger partial charge in [0.05, 0.1) is 13.0 Å². The van der Waals surface area contributed by atoms with Crippen molar-refractivity contribution >= 4 is 23.5 Å². The van der Waals surface area contributed by atoms with Crippen molar-refractivity contribution in [1.82, 2.24) is 4.90 Å². The van der Waals surface area contributed by atoms with Crippen LogP contribution in [0.2, 0.25) is 5.02 Å². The Labute approximate surface area is 161 Å². The summed E-state index contributed by atoms with van der Waals surface area (Å²) < 4.78 is 5.00. The lowest BCUT2D eigenvalue weighted by Crippen LogP contribution is -2.33. The van der Waals surface area contributed by atoms with Crippen molar-refractivity contribution in [2.75, 3.05) is 13.2 Å². The van der Waals surface area contributed by atoms with Crippen LogP contribution in [0.25, 0.3) is 0 Å². The monoisotopic (exact) mass is 379 g/mol. The molecule has 1 aliphatic rings. The zero-order valence-corrected chi connectivity index (χ0v) is 16.5. The number of carbonyl (C=O) groups excluding carboxylic acids is 2.